The van der Waals surface area contributed by atoms with Gasteiger partial charge in [0.1, 0.15) is 5.75 Å². The van der Waals surface area contributed by atoms with Gasteiger partial charge in [0.05, 0.1) is 30.4 Å². The number of aromatic nitrogens is 7. The molecule has 4 rings (SSSR count). The van der Waals surface area contributed by atoms with E-state index in [4.69, 9.17) is 15.2 Å². The molecule has 4 aromatic rings. The third kappa shape index (κ3) is 3.59. The summed E-state index contributed by atoms with van der Waals surface area (Å²) in [6, 6.07) is 5.53. The summed E-state index contributed by atoms with van der Waals surface area (Å²) in [6.07, 6.45) is 0. The molecular weight excluding hydrogens is 400 g/mol. The minimum atomic E-state index is -0.598. The Balaban J connectivity index is 1.65. The second kappa shape index (κ2) is 7.79. The normalized spacial score (nSPS) is 11.1. The van der Waals surface area contributed by atoms with Crippen LogP contribution in [0, 0.1) is 0 Å². The molecule has 0 saturated heterocycles. The van der Waals surface area contributed by atoms with Crippen LogP contribution in [0.4, 0.5) is 5.82 Å². The lowest BCUT2D eigenvalue weighted by molar-refractivity contribution is 0.0518. The molecule has 13 heteroatoms. The molecule has 0 unspecified atom stereocenters. The van der Waals surface area contributed by atoms with Gasteiger partial charge >= 0.3 is 5.97 Å². The predicted octanol–water partition coefficient (Wildman–Crippen LogP) is 1.59. The lowest BCUT2D eigenvalue weighted by Gasteiger charge is -2.04. The standard InChI is InChI=1S/C16H16N8O4S/c1-3-27-15(25)12-11(24(23-20-12)14-13(17)21-28-22-14)7-29-16-18-9-5-4-8(26-2)6-10(9)19-16/h4-6H,3,7H2,1-2H3,(H2,17,21)(H,18,19). The molecule has 0 atom stereocenters. The number of carbonyl (C=O) groups excluding carboxylic acids is 1. The number of anilines is 1. The van der Waals surface area contributed by atoms with Gasteiger partial charge in [0.15, 0.2) is 10.9 Å². The van der Waals surface area contributed by atoms with E-state index in [1.54, 1.807) is 14.0 Å². The minimum Gasteiger partial charge on any atom is -0.497 e. The maximum absolute atomic E-state index is 12.3. The Kier molecular flexibility index (Phi) is 5.03. The lowest BCUT2D eigenvalue weighted by atomic mass is 10.3. The van der Waals surface area contributed by atoms with Gasteiger partial charge in [-0.25, -0.2) is 14.4 Å². The van der Waals surface area contributed by atoms with Crippen molar-refractivity contribution in [1.82, 2.24) is 35.3 Å². The zero-order chi connectivity index (χ0) is 20.4. The fraction of sp³-hybridized carbons (Fsp3) is 0.250. The van der Waals surface area contributed by atoms with Crippen molar-refractivity contribution in [3.63, 3.8) is 0 Å². The van der Waals surface area contributed by atoms with E-state index in [0.29, 0.717) is 10.9 Å². The van der Waals surface area contributed by atoms with Crippen molar-refractivity contribution in [1.29, 1.82) is 0 Å². The van der Waals surface area contributed by atoms with Crippen LogP contribution in [-0.2, 0) is 10.5 Å². The molecule has 3 aromatic heterocycles. The van der Waals surface area contributed by atoms with Crippen LogP contribution in [0.5, 0.6) is 5.75 Å². The second-order valence-corrected chi connectivity index (χ2v) is 6.67. The van der Waals surface area contributed by atoms with E-state index in [9.17, 15) is 4.79 Å². The SMILES string of the molecule is CCOC(=O)c1nnn(-c2nonc2N)c1CSc1nc2ccc(OC)cc2[nH]1. The number of nitrogen functional groups attached to an aromatic ring is 1. The first-order chi connectivity index (χ1) is 14.1. The van der Waals surface area contributed by atoms with E-state index >= 15 is 0 Å². The number of hydrogen-bond donors (Lipinski definition) is 2. The number of benzene rings is 1. The third-order valence-electron chi connectivity index (χ3n) is 3.94. The van der Waals surface area contributed by atoms with Crippen molar-refractivity contribution in [3.05, 3.63) is 29.6 Å². The number of carbonyl (C=O) groups is 1. The zero-order valence-corrected chi connectivity index (χ0v) is 16.3. The van der Waals surface area contributed by atoms with Gasteiger partial charge in [-0.3, -0.25) is 0 Å². The summed E-state index contributed by atoms with van der Waals surface area (Å²) in [6.45, 7) is 1.91. The Labute approximate surface area is 167 Å². The van der Waals surface area contributed by atoms with E-state index in [1.807, 2.05) is 18.2 Å². The van der Waals surface area contributed by atoms with Crippen molar-refractivity contribution in [2.75, 3.05) is 19.5 Å². The van der Waals surface area contributed by atoms with Gasteiger partial charge in [-0.05, 0) is 29.4 Å². The number of imidazole rings is 1. The molecule has 0 aliphatic heterocycles. The van der Waals surface area contributed by atoms with Gasteiger partial charge in [0.2, 0.25) is 11.6 Å². The number of esters is 1. The lowest BCUT2D eigenvalue weighted by Crippen LogP contribution is -2.10. The van der Waals surface area contributed by atoms with Crippen molar-refractivity contribution >= 4 is 34.6 Å². The predicted molar refractivity (Wildman–Crippen MR) is 102 cm³/mol. The highest BCUT2D eigenvalue weighted by molar-refractivity contribution is 7.98. The Hall–Kier alpha value is -3.61. The summed E-state index contributed by atoms with van der Waals surface area (Å²) in [5.74, 6) is 0.562. The molecular formula is C16H16N8O4S. The second-order valence-electron chi connectivity index (χ2n) is 5.70. The molecule has 0 spiro atoms. The van der Waals surface area contributed by atoms with Crippen LogP contribution in [0.25, 0.3) is 16.9 Å². The number of nitrogens with zero attached hydrogens (tertiary/aromatic N) is 6. The first-order valence-corrected chi connectivity index (χ1v) is 9.46. The zero-order valence-electron chi connectivity index (χ0n) is 15.4. The molecule has 0 fully saturated rings. The van der Waals surface area contributed by atoms with Crippen molar-refractivity contribution < 1.29 is 18.9 Å². The monoisotopic (exact) mass is 416 g/mol. The van der Waals surface area contributed by atoms with Crippen LogP contribution in [-0.4, -0.2) is 55.0 Å². The van der Waals surface area contributed by atoms with E-state index < -0.39 is 5.97 Å². The molecule has 1 aromatic carbocycles. The summed E-state index contributed by atoms with van der Waals surface area (Å²) >= 11 is 1.35. The quantitative estimate of drug-likeness (QED) is 0.332. The molecule has 0 bridgehead atoms. The first kappa shape index (κ1) is 18.7. The van der Waals surface area contributed by atoms with E-state index in [2.05, 4.69) is 35.2 Å². The van der Waals surface area contributed by atoms with Gasteiger partial charge in [-0.2, -0.15) is 4.68 Å². The van der Waals surface area contributed by atoms with Gasteiger partial charge < -0.3 is 20.2 Å². The number of rotatable bonds is 7. The average Bonchev–Trinajstić information content (AvgIpc) is 3.42. The average molecular weight is 416 g/mol. The summed E-state index contributed by atoms with van der Waals surface area (Å²) in [7, 11) is 1.60. The van der Waals surface area contributed by atoms with Crippen LogP contribution < -0.4 is 10.5 Å². The van der Waals surface area contributed by atoms with Crippen LogP contribution in [0.2, 0.25) is 0 Å². The smallest absolute Gasteiger partial charge is 0.360 e. The molecule has 0 aliphatic carbocycles. The third-order valence-corrected chi connectivity index (χ3v) is 4.83. The number of hydrogen-bond acceptors (Lipinski definition) is 11. The minimum absolute atomic E-state index is 0.0207. The number of thioether (sulfide) groups is 1. The molecule has 150 valence electrons. The number of nitrogens with one attached hydrogen (secondary N) is 1. The van der Waals surface area contributed by atoms with Gasteiger partial charge in [0.25, 0.3) is 0 Å². The van der Waals surface area contributed by atoms with E-state index in [1.165, 1.54) is 16.4 Å². The molecule has 3 heterocycles. The molecule has 0 aliphatic rings. The number of ether oxygens (including phenoxy) is 2. The van der Waals surface area contributed by atoms with Crippen molar-refractivity contribution in [3.8, 4) is 11.6 Å². The highest BCUT2D eigenvalue weighted by atomic mass is 32.2. The van der Waals surface area contributed by atoms with Crippen molar-refractivity contribution in [2.24, 2.45) is 0 Å². The molecule has 0 radical (unpaired) electrons. The van der Waals surface area contributed by atoms with Gasteiger partial charge in [-0.15, -0.1) is 5.10 Å². The summed E-state index contributed by atoms with van der Waals surface area (Å²) in [4.78, 5) is 20.0. The number of aromatic amines is 1. The molecule has 29 heavy (non-hydrogen) atoms. The Morgan fingerprint density at radius 1 is 1.38 bits per heavy atom. The summed E-state index contributed by atoms with van der Waals surface area (Å²) in [5.41, 5.74) is 7.86. The Morgan fingerprint density at radius 3 is 2.97 bits per heavy atom. The topological polar surface area (TPSA) is 160 Å². The maximum Gasteiger partial charge on any atom is 0.360 e. The molecule has 3 N–H and O–H groups in total. The summed E-state index contributed by atoms with van der Waals surface area (Å²) < 4.78 is 16.2. The Morgan fingerprint density at radius 2 is 2.24 bits per heavy atom. The van der Waals surface area contributed by atoms with Crippen LogP contribution in [0.1, 0.15) is 23.1 Å². The van der Waals surface area contributed by atoms with Crippen LogP contribution >= 0.6 is 11.8 Å². The number of H-pyrrole nitrogens is 1. The highest BCUT2D eigenvalue weighted by Crippen LogP contribution is 2.27. The number of nitrogens with two attached hydrogens (primary N) is 1. The molecule has 12 nitrogen and oxygen atoms in total. The maximum atomic E-state index is 12.3. The van der Waals surface area contributed by atoms with Crippen LogP contribution in [0.15, 0.2) is 28.0 Å². The number of fused-ring (bicyclic) bond motifs is 1. The number of methoxy groups -OCH3 is 1. The summed E-state index contributed by atoms with van der Waals surface area (Å²) in [5, 5.41) is 15.8. The van der Waals surface area contributed by atoms with Gasteiger partial charge in [-0.1, -0.05) is 17.0 Å². The molecule has 0 saturated carbocycles. The van der Waals surface area contributed by atoms with E-state index in [0.717, 1.165) is 16.8 Å². The molecule has 0 amide bonds. The van der Waals surface area contributed by atoms with Crippen molar-refractivity contribution in [2.45, 2.75) is 17.8 Å². The first-order valence-electron chi connectivity index (χ1n) is 8.47. The fourth-order valence-corrected chi connectivity index (χ4v) is 3.47. The van der Waals surface area contributed by atoms with E-state index in [-0.39, 0.29) is 29.7 Å². The fourth-order valence-electron chi connectivity index (χ4n) is 2.59. The largest absolute Gasteiger partial charge is 0.497 e. The van der Waals surface area contributed by atoms with Crippen LogP contribution in [0.3, 0.4) is 0 Å². The Bertz CT molecular complexity index is 1170. The van der Waals surface area contributed by atoms with Gasteiger partial charge in [0, 0.05) is 11.8 Å². The highest BCUT2D eigenvalue weighted by Gasteiger charge is 2.25.